The second kappa shape index (κ2) is 13.6. The third-order valence-electron chi connectivity index (χ3n) is 11.1. The van der Waals surface area contributed by atoms with E-state index in [0.717, 1.165) is 83.2 Å². The average Bonchev–Trinajstić information content (AvgIpc) is 3.87. The van der Waals surface area contributed by atoms with Crippen molar-refractivity contribution in [3.63, 3.8) is 0 Å². The maximum Gasteiger partial charge on any atom is 0.136 e. The van der Waals surface area contributed by atoms with Gasteiger partial charge in [-0.3, -0.25) is 0 Å². The van der Waals surface area contributed by atoms with E-state index in [9.17, 15) is 0 Å². The predicted molar refractivity (Wildman–Crippen MR) is 237 cm³/mol. The van der Waals surface area contributed by atoms with Gasteiger partial charge in [0.25, 0.3) is 0 Å². The molecule has 9 aromatic carbocycles. The number of para-hydroxylation sites is 2. The predicted octanol–water partition coefficient (Wildman–Crippen LogP) is 15.6. The summed E-state index contributed by atoms with van der Waals surface area (Å²) in [5, 5.41) is 4.54. The Hall–Kier alpha value is -7.62. The van der Waals surface area contributed by atoms with Crippen LogP contribution in [0.2, 0.25) is 0 Å². The van der Waals surface area contributed by atoms with Crippen LogP contribution in [0.4, 0.5) is 17.1 Å². The summed E-state index contributed by atoms with van der Waals surface area (Å²) < 4.78 is 12.5. The molecule has 0 radical (unpaired) electrons. The number of furan rings is 2. The Labute approximate surface area is 330 Å². The van der Waals surface area contributed by atoms with E-state index in [1.165, 1.54) is 22.3 Å². The molecule has 268 valence electrons. The lowest BCUT2D eigenvalue weighted by Gasteiger charge is -2.26. The van der Waals surface area contributed by atoms with Crippen molar-refractivity contribution >= 4 is 60.9 Å². The fourth-order valence-electron chi connectivity index (χ4n) is 8.35. The summed E-state index contributed by atoms with van der Waals surface area (Å²) in [5.41, 5.74) is 16.2. The molecule has 0 spiro atoms. The highest BCUT2D eigenvalue weighted by Crippen LogP contribution is 2.42. The van der Waals surface area contributed by atoms with E-state index >= 15 is 0 Å². The summed E-state index contributed by atoms with van der Waals surface area (Å²) in [6, 6.07) is 75.2. The zero-order valence-corrected chi connectivity index (χ0v) is 31.0. The second-order valence-electron chi connectivity index (χ2n) is 14.5. The van der Waals surface area contributed by atoms with Crippen molar-refractivity contribution in [1.82, 2.24) is 0 Å². The number of benzene rings is 9. The normalized spacial score (nSPS) is 11.5. The largest absolute Gasteiger partial charge is 0.456 e. The molecule has 11 aromatic rings. The van der Waals surface area contributed by atoms with E-state index in [1.807, 2.05) is 24.3 Å². The van der Waals surface area contributed by atoms with Crippen molar-refractivity contribution in [1.29, 1.82) is 0 Å². The van der Waals surface area contributed by atoms with Crippen LogP contribution < -0.4 is 4.90 Å². The van der Waals surface area contributed by atoms with Gasteiger partial charge in [-0.05, 0) is 105 Å². The van der Waals surface area contributed by atoms with Crippen LogP contribution in [-0.4, -0.2) is 0 Å². The van der Waals surface area contributed by atoms with Crippen molar-refractivity contribution in [2.45, 2.75) is 0 Å². The van der Waals surface area contributed by atoms with Crippen LogP contribution in [0.15, 0.2) is 221 Å². The minimum absolute atomic E-state index is 0.897. The SMILES string of the molecule is c1ccc(-c2ccc(-c3ccc(N(c4ccc(-c5cccc6oc7ccccc7c56)cc4)c4ccc(-c5cccc6oc7ccccc7c56)cc4)cc3)cc2)cc1. The van der Waals surface area contributed by atoms with Gasteiger partial charge in [0.05, 0.1) is 0 Å². The Balaban J connectivity index is 0.982. The number of rotatable bonds is 7. The van der Waals surface area contributed by atoms with Gasteiger partial charge in [-0.1, -0.05) is 152 Å². The van der Waals surface area contributed by atoms with Gasteiger partial charge in [-0.2, -0.15) is 0 Å². The highest BCUT2D eigenvalue weighted by molar-refractivity contribution is 6.13. The number of hydrogen-bond acceptors (Lipinski definition) is 3. The Morgan fingerprint density at radius 1 is 0.246 bits per heavy atom. The van der Waals surface area contributed by atoms with E-state index in [0.29, 0.717) is 0 Å². The average molecular weight is 730 g/mol. The van der Waals surface area contributed by atoms with E-state index < -0.39 is 0 Å². The van der Waals surface area contributed by atoms with Crippen LogP contribution in [0.25, 0.3) is 88.4 Å². The van der Waals surface area contributed by atoms with Crippen LogP contribution in [0.3, 0.4) is 0 Å². The molecule has 0 N–H and O–H groups in total. The molecule has 3 nitrogen and oxygen atoms in total. The van der Waals surface area contributed by atoms with Crippen LogP contribution in [-0.2, 0) is 0 Å². The lowest BCUT2D eigenvalue weighted by molar-refractivity contribution is 0.668. The minimum atomic E-state index is 0.897. The maximum absolute atomic E-state index is 6.23. The first kappa shape index (κ1) is 32.8. The molecule has 2 aromatic heterocycles. The molecule has 0 fully saturated rings. The van der Waals surface area contributed by atoms with Crippen molar-refractivity contribution in [3.05, 3.63) is 212 Å². The molecular weight excluding hydrogens is 695 g/mol. The third-order valence-corrected chi connectivity index (χ3v) is 11.1. The van der Waals surface area contributed by atoms with Gasteiger partial charge in [0.1, 0.15) is 22.3 Å². The van der Waals surface area contributed by atoms with Crippen molar-refractivity contribution in [3.8, 4) is 44.5 Å². The Kier molecular flexibility index (Phi) is 7.82. The van der Waals surface area contributed by atoms with Crippen molar-refractivity contribution in [2.75, 3.05) is 4.90 Å². The Morgan fingerprint density at radius 2 is 0.579 bits per heavy atom. The molecule has 0 bridgehead atoms. The molecular formula is C54H35NO2. The summed E-state index contributed by atoms with van der Waals surface area (Å²) in [6.45, 7) is 0. The monoisotopic (exact) mass is 729 g/mol. The maximum atomic E-state index is 6.23. The smallest absolute Gasteiger partial charge is 0.136 e. The van der Waals surface area contributed by atoms with Gasteiger partial charge in [0.2, 0.25) is 0 Å². The minimum Gasteiger partial charge on any atom is -0.456 e. The highest BCUT2D eigenvalue weighted by atomic mass is 16.3. The molecule has 0 aliphatic heterocycles. The molecule has 57 heavy (non-hydrogen) atoms. The summed E-state index contributed by atoms with van der Waals surface area (Å²) >= 11 is 0. The van der Waals surface area contributed by atoms with Gasteiger partial charge in [-0.15, -0.1) is 0 Å². The molecule has 0 aliphatic carbocycles. The molecule has 3 heteroatoms. The summed E-state index contributed by atoms with van der Waals surface area (Å²) in [6.07, 6.45) is 0. The van der Waals surface area contributed by atoms with Gasteiger partial charge < -0.3 is 13.7 Å². The fraction of sp³-hybridized carbons (Fsp3) is 0. The summed E-state index contributed by atoms with van der Waals surface area (Å²) in [5.74, 6) is 0. The first-order valence-corrected chi connectivity index (χ1v) is 19.3. The fourth-order valence-corrected chi connectivity index (χ4v) is 8.35. The Morgan fingerprint density at radius 3 is 1.02 bits per heavy atom. The van der Waals surface area contributed by atoms with Gasteiger partial charge in [0.15, 0.2) is 0 Å². The first-order chi connectivity index (χ1) is 28.2. The molecule has 11 rings (SSSR count). The van der Waals surface area contributed by atoms with Crippen LogP contribution in [0.1, 0.15) is 0 Å². The number of hydrogen-bond donors (Lipinski definition) is 0. The summed E-state index contributed by atoms with van der Waals surface area (Å²) in [4.78, 5) is 2.33. The van der Waals surface area contributed by atoms with E-state index in [-0.39, 0.29) is 0 Å². The Bertz CT molecular complexity index is 3040. The molecule has 2 heterocycles. The van der Waals surface area contributed by atoms with Crippen molar-refractivity contribution < 1.29 is 8.83 Å². The van der Waals surface area contributed by atoms with E-state index in [2.05, 4.69) is 193 Å². The molecule has 0 aliphatic rings. The molecule has 0 amide bonds. The van der Waals surface area contributed by atoms with Gasteiger partial charge in [0, 0.05) is 38.6 Å². The zero-order chi connectivity index (χ0) is 37.7. The number of fused-ring (bicyclic) bond motifs is 6. The standard InChI is InChI=1S/C54H35NO2/c1-2-10-36(11-3-1)37-20-22-38(23-21-37)39-24-30-42(31-25-39)55(43-32-26-40(27-33-43)45-14-8-18-51-53(45)47-12-4-6-16-49(47)56-51)44-34-28-41(29-35-44)46-15-9-19-52-54(46)48-13-5-7-17-50(48)57-52/h1-35H. The molecule has 0 atom stereocenters. The highest BCUT2D eigenvalue weighted by Gasteiger charge is 2.17. The first-order valence-electron chi connectivity index (χ1n) is 19.3. The van der Waals surface area contributed by atoms with E-state index in [1.54, 1.807) is 0 Å². The van der Waals surface area contributed by atoms with Crippen LogP contribution in [0.5, 0.6) is 0 Å². The van der Waals surface area contributed by atoms with Crippen molar-refractivity contribution in [2.24, 2.45) is 0 Å². The lowest BCUT2D eigenvalue weighted by atomic mass is 9.98. The van der Waals surface area contributed by atoms with Gasteiger partial charge >= 0.3 is 0 Å². The molecule has 0 saturated carbocycles. The van der Waals surface area contributed by atoms with Gasteiger partial charge in [-0.25, -0.2) is 0 Å². The molecule has 0 saturated heterocycles. The zero-order valence-electron chi connectivity index (χ0n) is 31.0. The topological polar surface area (TPSA) is 29.5 Å². The molecule has 0 unspecified atom stereocenters. The number of nitrogens with zero attached hydrogens (tertiary/aromatic N) is 1. The third kappa shape index (κ3) is 5.76. The summed E-state index contributed by atoms with van der Waals surface area (Å²) in [7, 11) is 0. The van der Waals surface area contributed by atoms with Crippen LogP contribution in [0, 0.1) is 0 Å². The van der Waals surface area contributed by atoms with Crippen LogP contribution >= 0.6 is 0 Å². The second-order valence-corrected chi connectivity index (χ2v) is 14.5. The van der Waals surface area contributed by atoms with E-state index in [4.69, 9.17) is 8.83 Å². The quantitative estimate of drug-likeness (QED) is 0.164. The lowest BCUT2D eigenvalue weighted by Crippen LogP contribution is -2.09. The number of anilines is 3.